The van der Waals surface area contributed by atoms with Crippen molar-refractivity contribution in [1.29, 1.82) is 0 Å². The Labute approximate surface area is 107 Å². The van der Waals surface area contributed by atoms with Crippen LogP contribution in [0, 0.1) is 17.0 Å². The molecule has 0 saturated carbocycles. The molecule has 0 atom stereocenters. The molecule has 1 aliphatic heterocycles. The maximum absolute atomic E-state index is 10.8. The largest absolute Gasteiger partial charge is 0.379 e. The number of nitro groups is 1. The van der Waals surface area contributed by atoms with Gasteiger partial charge in [0.2, 0.25) is 0 Å². The second-order valence-electron chi connectivity index (χ2n) is 5.19. The molecule has 0 radical (unpaired) electrons. The molecule has 2 rings (SSSR count). The van der Waals surface area contributed by atoms with Crippen molar-refractivity contribution in [2.75, 3.05) is 18.4 Å². The Hall–Kier alpha value is -1.62. The number of benzene rings is 1. The highest BCUT2D eigenvalue weighted by atomic mass is 16.6. The Bertz CT molecular complexity index is 454. The zero-order chi connectivity index (χ0) is 13.2. The molecule has 2 N–H and O–H groups in total. The van der Waals surface area contributed by atoms with Gasteiger partial charge in [0.25, 0.3) is 5.69 Å². The minimum Gasteiger partial charge on any atom is -0.379 e. The summed E-state index contributed by atoms with van der Waals surface area (Å²) in [6, 6.07) is 4.97. The van der Waals surface area contributed by atoms with Gasteiger partial charge in [0, 0.05) is 23.4 Å². The normalized spacial score (nSPS) is 18.3. The SMILES string of the molecule is Cc1ccc([N+](=O)[O-])cc1NC1(C)CCNCC1. The zero-order valence-electron chi connectivity index (χ0n) is 10.8. The van der Waals surface area contributed by atoms with Gasteiger partial charge in [-0.1, -0.05) is 6.07 Å². The van der Waals surface area contributed by atoms with Crippen molar-refractivity contribution in [3.05, 3.63) is 33.9 Å². The first-order valence-corrected chi connectivity index (χ1v) is 6.24. The molecule has 0 spiro atoms. The maximum atomic E-state index is 10.8. The van der Waals surface area contributed by atoms with Gasteiger partial charge < -0.3 is 10.6 Å². The highest BCUT2D eigenvalue weighted by Gasteiger charge is 2.27. The molecule has 0 aliphatic carbocycles. The van der Waals surface area contributed by atoms with Crippen LogP contribution in [0.3, 0.4) is 0 Å². The van der Waals surface area contributed by atoms with Gasteiger partial charge >= 0.3 is 0 Å². The average molecular weight is 249 g/mol. The Balaban J connectivity index is 2.22. The van der Waals surface area contributed by atoms with Gasteiger partial charge in [-0.3, -0.25) is 10.1 Å². The average Bonchev–Trinajstić information content (AvgIpc) is 2.32. The first-order valence-electron chi connectivity index (χ1n) is 6.24. The smallest absolute Gasteiger partial charge is 0.271 e. The lowest BCUT2D eigenvalue weighted by atomic mass is 9.90. The van der Waals surface area contributed by atoms with Crippen LogP contribution in [0.5, 0.6) is 0 Å². The molecule has 1 heterocycles. The lowest BCUT2D eigenvalue weighted by Crippen LogP contribution is -2.45. The molecule has 1 aromatic carbocycles. The third-order valence-electron chi connectivity index (χ3n) is 3.58. The zero-order valence-corrected chi connectivity index (χ0v) is 10.8. The standard InChI is InChI=1S/C13H19N3O2/c1-10-3-4-11(16(17)18)9-12(10)15-13(2)5-7-14-8-6-13/h3-4,9,14-15H,5-8H2,1-2H3. The molecule has 98 valence electrons. The summed E-state index contributed by atoms with van der Waals surface area (Å²) >= 11 is 0. The first kappa shape index (κ1) is 12.8. The molecule has 1 aliphatic rings. The van der Waals surface area contributed by atoms with E-state index in [0.29, 0.717) is 0 Å². The molecule has 0 bridgehead atoms. The number of anilines is 1. The summed E-state index contributed by atoms with van der Waals surface area (Å²) < 4.78 is 0. The first-order chi connectivity index (χ1) is 8.50. The predicted molar refractivity (Wildman–Crippen MR) is 72.0 cm³/mol. The van der Waals surface area contributed by atoms with E-state index >= 15 is 0 Å². The van der Waals surface area contributed by atoms with Crippen molar-refractivity contribution in [2.45, 2.75) is 32.2 Å². The summed E-state index contributed by atoms with van der Waals surface area (Å²) in [5.74, 6) is 0. The van der Waals surface area contributed by atoms with Crippen LogP contribution in [-0.2, 0) is 0 Å². The Morgan fingerprint density at radius 3 is 2.67 bits per heavy atom. The number of nitrogens with zero attached hydrogens (tertiary/aromatic N) is 1. The number of piperidine rings is 1. The van der Waals surface area contributed by atoms with Crippen LogP contribution in [-0.4, -0.2) is 23.6 Å². The Kier molecular flexibility index (Phi) is 3.52. The fourth-order valence-electron chi connectivity index (χ4n) is 2.29. The third kappa shape index (κ3) is 2.79. The van der Waals surface area contributed by atoms with Crippen LogP contribution in [0.1, 0.15) is 25.3 Å². The van der Waals surface area contributed by atoms with Crippen LogP contribution in [0.2, 0.25) is 0 Å². The lowest BCUT2D eigenvalue weighted by Gasteiger charge is -2.36. The summed E-state index contributed by atoms with van der Waals surface area (Å²) in [4.78, 5) is 10.5. The summed E-state index contributed by atoms with van der Waals surface area (Å²) in [6.45, 7) is 6.11. The fraction of sp³-hybridized carbons (Fsp3) is 0.538. The number of aryl methyl sites for hydroxylation is 1. The molecule has 5 nitrogen and oxygen atoms in total. The molecule has 18 heavy (non-hydrogen) atoms. The predicted octanol–water partition coefficient (Wildman–Crippen LogP) is 2.46. The Morgan fingerprint density at radius 2 is 2.06 bits per heavy atom. The van der Waals surface area contributed by atoms with E-state index in [1.54, 1.807) is 18.2 Å². The van der Waals surface area contributed by atoms with Crippen molar-refractivity contribution in [3.63, 3.8) is 0 Å². The number of rotatable bonds is 3. The van der Waals surface area contributed by atoms with Crippen LogP contribution in [0.25, 0.3) is 0 Å². The van der Waals surface area contributed by atoms with Gasteiger partial charge in [0.15, 0.2) is 0 Å². The van der Waals surface area contributed by atoms with E-state index in [2.05, 4.69) is 17.6 Å². The molecular formula is C13H19N3O2. The molecule has 0 aromatic heterocycles. The maximum Gasteiger partial charge on any atom is 0.271 e. The molecule has 1 aromatic rings. The third-order valence-corrected chi connectivity index (χ3v) is 3.58. The van der Waals surface area contributed by atoms with Gasteiger partial charge in [-0.25, -0.2) is 0 Å². The monoisotopic (exact) mass is 249 g/mol. The Morgan fingerprint density at radius 1 is 1.39 bits per heavy atom. The summed E-state index contributed by atoms with van der Waals surface area (Å²) in [5, 5.41) is 17.6. The molecule has 5 heteroatoms. The van der Waals surface area contributed by atoms with Crippen LogP contribution >= 0.6 is 0 Å². The van der Waals surface area contributed by atoms with E-state index in [-0.39, 0.29) is 16.1 Å². The van der Waals surface area contributed by atoms with Crippen LogP contribution < -0.4 is 10.6 Å². The van der Waals surface area contributed by atoms with Gasteiger partial charge in [-0.05, 0) is 45.3 Å². The summed E-state index contributed by atoms with van der Waals surface area (Å²) in [5.41, 5.74) is 2.07. The van der Waals surface area contributed by atoms with Crippen molar-refractivity contribution in [2.24, 2.45) is 0 Å². The van der Waals surface area contributed by atoms with Crippen molar-refractivity contribution in [3.8, 4) is 0 Å². The topological polar surface area (TPSA) is 67.2 Å². The van der Waals surface area contributed by atoms with Crippen LogP contribution in [0.15, 0.2) is 18.2 Å². The van der Waals surface area contributed by atoms with Crippen LogP contribution in [0.4, 0.5) is 11.4 Å². The molecular weight excluding hydrogens is 230 g/mol. The highest BCUT2D eigenvalue weighted by molar-refractivity contribution is 5.58. The number of nitrogens with one attached hydrogen (secondary N) is 2. The molecule has 0 unspecified atom stereocenters. The number of non-ortho nitro benzene ring substituents is 1. The minimum absolute atomic E-state index is 0.0191. The van der Waals surface area contributed by atoms with Crippen molar-refractivity contribution < 1.29 is 4.92 Å². The molecule has 1 fully saturated rings. The van der Waals surface area contributed by atoms with Crippen molar-refractivity contribution >= 4 is 11.4 Å². The van der Waals surface area contributed by atoms with Gasteiger partial charge in [-0.15, -0.1) is 0 Å². The fourth-order valence-corrected chi connectivity index (χ4v) is 2.29. The summed E-state index contributed by atoms with van der Waals surface area (Å²) in [7, 11) is 0. The quantitative estimate of drug-likeness (QED) is 0.638. The van der Waals surface area contributed by atoms with Crippen molar-refractivity contribution in [1.82, 2.24) is 5.32 Å². The summed E-state index contributed by atoms with van der Waals surface area (Å²) in [6.07, 6.45) is 2.05. The molecule has 1 saturated heterocycles. The number of nitro benzene ring substituents is 1. The van der Waals surface area contributed by atoms with E-state index in [9.17, 15) is 10.1 Å². The van der Waals surface area contributed by atoms with E-state index in [0.717, 1.165) is 37.2 Å². The lowest BCUT2D eigenvalue weighted by molar-refractivity contribution is -0.384. The van der Waals surface area contributed by atoms with E-state index < -0.39 is 0 Å². The van der Waals surface area contributed by atoms with E-state index in [4.69, 9.17) is 0 Å². The highest BCUT2D eigenvalue weighted by Crippen LogP contribution is 2.28. The number of hydrogen-bond donors (Lipinski definition) is 2. The second kappa shape index (κ2) is 4.94. The van der Waals surface area contributed by atoms with E-state index in [1.165, 1.54) is 0 Å². The van der Waals surface area contributed by atoms with Gasteiger partial charge in [-0.2, -0.15) is 0 Å². The minimum atomic E-state index is -0.352. The second-order valence-corrected chi connectivity index (χ2v) is 5.19. The number of hydrogen-bond acceptors (Lipinski definition) is 4. The van der Waals surface area contributed by atoms with Gasteiger partial charge in [0.1, 0.15) is 0 Å². The van der Waals surface area contributed by atoms with E-state index in [1.807, 2.05) is 6.92 Å². The molecule has 0 amide bonds. The van der Waals surface area contributed by atoms with Gasteiger partial charge in [0.05, 0.1) is 4.92 Å².